The van der Waals surface area contributed by atoms with Gasteiger partial charge >= 0.3 is 0 Å². The number of nitrogens with one attached hydrogen (secondary N) is 2. The lowest BCUT2D eigenvalue weighted by Crippen LogP contribution is -2.44. The third kappa shape index (κ3) is 3.86. The van der Waals surface area contributed by atoms with Crippen molar-refractivity contribution < 1.29 is 4.79 Å². The molecule has 16 heavy (non-hydrogen) atoms. The van der Waals surface area contributed by atoms with Gasteiger partial charge in [-0.05, 0) is 31.7 Å². The number of amides is 1. The molecule has 3 unspecified atom stereocenters. The van der Waals surface area contributed by atoms with Gasteiger partial charge in [-0.15, -0.1) is 6.42 Å². The number of carbonyl (C=O) groups is 1. The van der Waals surface area contributed by atoms with Gasteiger partial charge in [0.05, 0.1) is 12.6 Å². The Bertz CT molecular complexity index is 270. The molecule has 1 amide bonds. The predicted molar refractivity (Wildman–Crippen MR) is 65.8 cm³/mol. The van der Waals surface area contributed by atoms with Crippen LogP contribution in [-0.4, -0.2) is 25.0 Å². The molecular weight excluding hydrogens is 200 g/mol. The Labute approximate surface area is 98.4 Å². The van der Waals surface area contributed by atoms with Crippen LogP contribution in [0.15, 0.2) is 0 Å². The first-order chi connectivity index (χ1) is 7.65. The number of terminal acetylenes is 1. The third-order valence-corrected chi connectivity index (χ3v) is 3.48. The number of rotatable bonds is 5. The van der Waals surface area contributed by atoms with Gasteiger partial charge in [0.15, 0.2) is 0 Å². The Morgan fingerprint density at radius 3 is 2.88 bits per heavy atom. The highest BCUT2D eigenvalue weighted by molar-refractivity contribution is 5.81. The molecule has 0 aromatic rings. The van der Waals surface area contributed by atoms with E-state index in [0.29, 0.717) is 6.54 Å². The molecule has 0 aliphatic heterocycles. The van der Waals surface area contributed by atoms with Crippen molar-refractivity contribution in [3.8, 4) is 12.3 Å². The Morgan fingerprint density at radius 2 is 2.31 bits per heavy atom. The molecule has 0 aromatic carbocycles. The van der Waals surface area contributed by atoms with Gasteiger partial charge in [0, 0.05) is 0 Å². The van der Waals surface area contributed by atoms with Gasteiger partial charge in [0.1, 0.15) is 0 Å². The van der Waals surface area contributed by atoms with E-state index < -0.39 is 0 Å². The van der Waals surface area contributed by atoms with Crippen molar-refractivity contribution in [1.82, 2.24) is 10.6 Å². The van der Waals surface area contributed by atoms with Crippen LogP contribution < -0.4 is 10.6 Å². The van der Waals surface area contributed by atoms with Gasteiger partial charge < -0.3 is 10.6 Å². The zero-order valence-corrected chi connectivity index (χ0v) is 10.3. The predicted octanol–water partition coefficient (Wildman–Crippen LogP) is 1.15. The fourth-order valence-corrected chi connectivity index (χ4v) is 2.24. The van der Waals surface area contributed by atoms with Crippen LogP contribution >= 0.6 is 0 Å². The van der Waals surface area contributed by atoms with Crippen molar-refractivity contribution in [2.75, 3.05) is 13.1 Å². The van der Waals surface area contributed by atoms with E-state index in [4.69, 9.17) is 6.42 Å². The Morgan fingerprint density at radius 1 is 1.56 bits per heavy atom. The lowest BCUT2D eigenvalue weighted by atomic mass is 9.98. The molecule has 2 N–H and O–H groups in total. The van der Waals surface area contributed by atoms with Gasteiger partial charge in [-0.3, -0.25) is 4.79 Å². The van der Waals surface area contributed by atoms with Gasteiger partial charge in [-0.2, -0.15) is 0 Å². The second-order valence-corrected chi connectivity index (χ2v) is 4.72. The highest BCUT2D eigenvalue weighted by atomic mass is 16.2. The highest BCUT2D eigenvalue weighted by Gasteiger charge is 2.24. The molecule has 1 aliphatic rings. The second kappa shape index (κ2) is 6.55. The number of hydrogen-bond acceptors (Lipinski definition) is 2. The first-order valence-electron chi connectivity index (χ1n) is 6.09. The highest BCUT2D eigenvalue weighted by Crippen LogP contribution is 2.30. The van der Waals surface area contributed by atoms with Crippen LogP contribution in [0.1, 0.15) is 33.1 Å². The van der Waals surface area contributed by atoms with Crippen molar-refractivity contribution in [2.24, 2.45) is 11.8 Å². The van der Waals surface area contributed by atoms with E-state index in [0.717, 1.165) is 18.4 Å². The first kappa shape index (κ1) is 13.1. The molecule has 0 saturated heterocycles. The van der Waals surface area contributed by atoms with Crippen LogP contribution in [0.25, 0.3) is 0 Å². The summed E-state index contributed by atoms with van der Waals surface area (Å²) in [5.41, 5.74) is 0. The quantitative estimate of drug-likeness (QED) is 0.685. The zero-order chi connectivity index (χ0) is 12.0. The standard InChI is InChI=1S/C13H22N2O/c1-4-8-14-13(16)11(3)15-9-12-7-5-6-10(12)2/h1,10-12,15H,5-9H2,2-3H3,(H,14,16). The van der Waals surface area contributed by atoms with E-state index in [1.807, 2.05) is 6.92 Å². The summed E-state index contributed by atoms with van der Waals surface area (Å²) in [7, 11) is 0. The maximum absolute atomic E-state index is 11.5. The molecule has 0 bridgehead atoms. The summed E-state index contributed by atoms with van der Waals surface area (Å²) in [5, 5.41) is 5.96. The van der Waals surface area contributed by atoms with Gasteiger partial charge in [-0.25, -0.2) is 0 Å². The maximum atomic E-state index is 11.5. The topological polar surface area (TPSA) is 41.1 Å². The molecule has 90 valence electrons. The minimum Gasteiger partial charge on any atom is -0.344 e. The molecule has 0 spiro atoms. The molecule has 0 heterocycles. The van der Waals surface area contributed by atoms with E-state index in [2.05, 4.69) is 23.5 Å². The minimum atomic E-state index is -0.152. The van der Waals surface area contributed by atoms with Crippen molar-refractivity contribution in [3.63, 3.8) is 0 Å². The van der Waals surface area contributed by atoms with Crippen LogP contribution in [0, 0.1) is 24.2 Å². The van der Waals surface area contributed by atoms with E-state index in [1.54, 1.807) is 0 Å². The average Bonchev–Trinajstić information content (AvgIpc) is 2.68. The molecule has 3 nitrogen and oxygen atoms in total. The van der Waals surface area contributed by atoms with Gasteiger partial charge in [-0.1, -0.05) is 25.7 Å². The Kier molecular flexibility index (Phi) is 5.34. The maximum Gasteiger partial charge on any atom is 0.237 e. The average molecular weight is 222 g/mol. The first-order valence-corrected chi connectivity index (χ1v) is 6.09. The van der Waals surface area contributed by atoms with Crippen molar-refractivity contribution in [2.45, 2.75) is 39.2 Å². The number of carbonyl (C=O) groups excluding carboxylic acids is 1. The van der Waals surface area contributed by atoms with Gasteiger partial charge in [0.2, 0.25) is 5.91 Å². The monoisotopic (exact) mass is 222 g/mol. The van der Waals surface area contributed by atoms with E-state index in [9.17, 15) is 4.79 Å². The molecule has 0 radical (unpaired) electrons. The van der Waals surface area contributed by atoms with Crippen LogP contribution in [0.2, 0.25) is 0 Å². The van der Waals surface area contributed by atoms with Crippen molar-refractivity contribution in [1.29, 1.82) is 0 Å². The third-order valence-electron chi connectivity index (χ3n) is 3.48. The molecule has 1 rings (SSSR count). The molecular formula is C13H22N2O. The van der Waals surface area contributed by atoms with E-state index in [1.165, 1.54) is 19.3 Å². The fourth-order valence-electron chi connectivity index (χ4n) is 2.24. The number of hydrogen-bond donors (Lipinski definition) is 2. The summed E-state index contributed by atoms with van der Waals surface area (Å²) >= 11 is 0. The summed E-state index contributed by atoms with van der Waals surface area (Å²) in [5.74, 6) is 3.90. The van der Waals surface area contributed by atoms with Crippen LogP contribution in [-0.2, 0) is 4.79 Å². The smallest absolute Gasteiger partial charge is 0.237 e. The summed E-state index contributed by atoms with van der Waals surface area (Å²) in [6.45, 7) is 5.42. The lowest BCUT2D eigenvalue weighted by Gasteiger charge is -2.19. The fraction of sp³-hybridized carbons (Fsp3) is 0.769. The normalized spacial score (nSPS) is 26.1. The second-order valence-electron chi connectivity index (χ2n) is 4.72. The summed E-state index contributed by atoms with van der Waals surface area (Å²) in [4.78, 5) is 11.5. The molecule has 0 aromatic heterocycles. The summed E-state index contributed by atoms with van der Waals surface area (Å²) < 4.78 is 0. The summed E-state index contributed by atoms with van der Waals surface area (Å²) in [6, 6.07) is -0.152. The van der Waals surface area contributed by atoms with Crippen LogP contribution in [0.5, 0.6) is 0 Å². The van der Waals surface area contributed by atoms with Crippen LogP contribution in [0.4, 0.5) is 0 Å². The minimum absolute atomic E-state index is 0.0106. The molecule has 3 heteroatoms. The molecule has 1 fully saturated rings. The Hall–Kier alpha value is -1.01. The molecule has 1 saturated carbocycles. The van der Waals surface area contributed by atoms with Gasteiger partial charge in [0.25, 0.3) is 0 Å². The van der Waals surface area contributed by atoms with E-state index >= 15 is 0 Å². The lowest BCUT2D eigenvalue weighted by molar-refractivity contribution is -0.122. The largest absolute Gasteiger partial charge is 0.344 e. The van der Waals surface area contributed by atoms with Crippen molar-refractivity contribution in [3.05, 3.63) is 0 Å². The zero-order valence-electron chi connectivity index (χ0n) is 10.3. The molecule has 3 atom stereocenters. The Balaban J connectivity index is 2.21. The summed E-state index contributed by atoms with van der Waals surface area (Å²) in [6.07, 6.45) is 9.02. The van der Waals surface area contributed by atoms with Crippen LogP contribution in [0.3, 0.4) is 0 Å². The SMILES string of the molecule is C#CCNC(=O)C(C)NCC1CCCC1C. The van der Waals surface area contributed by atoms with E-state index in [-0.39, 0.29) is 11.9 Å². The van der Waals surface area contributed by atoms with Crippen molar-refractivity contribution >= 4 is 5.91 Å². The molecule has 1 aliphatic carbocycles.